The van der Waals surface area contributed by atoms with Gasteiger partial charge in [0, 0.05) is 19.5 Å². The number of carbonyl (C=O) groups is 1. The number of tetrazole rings is 1. The molecule has 4 rings (SSSR count). The van der Waals surface area contributed by atoms with Crippen molar-refractivity contribution in [2.45, 2.75) is 31.5 Å². The van der Waals surface area contributed by atoms with Crippen molar-refractivity contribution in [3.8, 4) is 5.69 Å². The molecule has 1 unspecified atom stereocenters. The molecule has 1 aliphatic heterocycles. The molecule has 0 radical (unpaired) electrons. The van der Waals surface area contributed by atoms with Crippen LogP contribution < -0.4 is 5.32 Å². The third-order valence-corrected chi connectivity index (χ3v) is 5.07. The monoisotopic (exact) mass is 362 g/mol. The summed E-state index contributed by atoms with van der Waals surface area (Å²) >= 11 is 0. The third kappa shape index (κ3) is 3.33. The van der Waals surface area contributed by atoms with Gasteiger partial charge in [0.2, 0.25) is 5.91 Å². The van der Waals surface area contributed by atoms with Crippen molar-refractivity contribution in [1.82, 2.24) is 30.4 Å². The summed E-state index contributed by atoms with van der Waals surface area (Å²) in [6.07, 6.45) is 0.452. The minimum Gasteiger partial charge on any atom is -0.337 e. The van der Waals surface area contributed by atoms with E-state index >= 15 is 0 Å². The molecule has 0 bridgehead atoms. The molecule has 27 heavy (non-hydrogen) atoms. The van der Waals surface area contributed by atoms with Crippen LogP contribution in [0.2, 0.25) is 0 Å². The smallest absolute Gasteiger partial charge is 0.224 e. The van der Waals surface area contributed by atoms with Crippen LogP contribution in [0.5, 0.6) is 0 Å². The summed E-state index contributed by atoms with van der Waals surface area (Å²) in [5.41, 5.74) is 2.03. The molecule has 3 aromatic rings. The molecule has 1 aromatic heterocycles. The van der Waals surface area contributed by atoms with E-state index in [-0.39, 0.29) is 24.0 Å². The molecule has 1 saturated heterocycles. The molecule has 3 atom stereocenters. The number of nitrogens with zero attached hydrogens (tertiary/aromatic N) is 5. The molecule has 0 aliphatic carbocycles. The number of aromatic nitrogens is 4. The predicted molar refractivity (Wildman–Crippen MR) is 101 cm³/mol. The van der Waals surface area contributed by atoms with E-state index in [9.17, 15) is 4.79 Å². The first kappa shape index (κ1) is 17.4. The second kappa shape index (κ2) is 7.28. The lowest BCUT2D eigenvalue weighted by atomic mass is 9.99. The topological polar surface area (TPSA) is 75.9 Å². The van der Waals surface area contributed by atoms with E-state index in [4.69, 9.17) is 0 Å². The second-order valence-corrected chi connectivity index (χ2v) is 6.84. The molecule has 7 heteroatoms. The van der Waals surface area contributed by atoms with Crippen LogP contribution in [0.25, 0.3) is 5.69 Å². The first-order valence-electron chi connectivity index (χ1n) is 9.05. The number of hydrogen-bond acceptors (Lipinski definition) is 5. The Balaban J connectivity index is 1.59. The van der Waals surface area contributed by atoms with E-state index in [1.54, 1.807) is 4.68 Å². The summed E-state index contributed by atoms with van der Waals surface area (Å²) in [7, 11) is 1.86. The maximum absolute atomic E-state index is 12.4. The predicted octanol–water partition coefficient (Wildman–Crippen LogP) is 2.28. The zero-order chi connectivity index (χ0) is 18.8. The van der Waals surface area contributed by atoms with Crippen LogP contribution in [0.4, 0.5) is 0 Å². The highest BCUT2D eigenvalue weighted by molar-refractivity contribution is 5.80. The molecule has 2 aromatic carbocycles. The van der Waals surface area contributed by atoms with E-state index in [1.165, 1.54) is 0 Å². The Labute approximate surface area is 158 Å². The Kier molecular flexibility index (Phi) is 4.68. The van der Waals surface area contributed by atoms with Crippen molar-refractivity contribution in [2.24, 2.45) is 0 Å². The van der Waals surface area contributed by atoms with Crippen molar-refractivity contribution in [1.29, 1.82) is 0 Å². The van der Waals surface area contributed by atoms with Gasteiger partial charge in [-0.25, -0.2) is 0 Å². The lowest BCUT2D eigenvalue weighted by molar-refractivity contribution is -0.127. The van der Waals surface area contributed by atoms with Crippen molar-refractivity contribution >= 4 is 5.91 Å². The fourth-order valence-corrected chi connectivity index (χ4v) is 3.74. The number of nitrogens with one attached hydrogen (secondary N) is 1. The molecule has 1 N–H and O–H groups in total. The van der Waals surface area contributed by atoms with Crippen LogP contribution in [0.3, 0.4) is 0 Å². The lowest BCUT2D eigenvalue weighted by Crippen LogP contribution is -2.37. The van der Waals surface area contributed by atoms with Crippen molar-refractivity contribution in [2.75, 3.05) is 7.05 Å². The Morgan fingerprint density at radius 2 is 1.74 bits per heavy atom. The average Bonchev–Trinajstić information content (AvgIpc) is 3.29. The number of benzene rings is 2. The molecule has 7 nitrogen and oxygen atoms in total. The van der Waals surface area contributed by atoms with Crippen LogP contribution in [-0.4, -0.2) is 44.1 Å². The van der Waals surface area contributed by atoms with Gasteiger partial charge >= 0.3 is 0 Å². The van der Waals surface area contributed by atoms with Crippen molar-refractivity contribution in [3.63, 3.8) is 0 Å². The van der Waals surface area contributed by atoms with E-state index in [2.05, 4.69) is 33.0 Å². The standard InChI is InChI=1S/C20H22N6O/c1-14(20-22-23-24-26(20)16-11-7-4-8-12-16)21-17-13-18(27)25(2)19(17)15-9-5-3-6-10-15/h3-12,14,17,19,21H,13H2,1-2H3/t14?,17-,19+/m1/s1. The summed E-state index contributed by atoms with van der Waals surface area (Å²) in [5.74, 6) is 0.853. The number of amides is 1. The van der Waals surface area contributed by atoms with E-state index in [0.29, 0.717) is 6.42 Å². The van der Waals surface area contributed by atoms with Gasteiger partial charge in [-0.1, -0.05) is 48.5 Å². The number of para-hydroxylation sites is 1. The highest BCUT2D eigenvalue weighted by Gasteiger charge is 2.39. The van der Waals surface area contributed by atoms with Crippen LogP contribution in [0.1, 0.15) is 36.8 Å². The summed E-state index contributed by atoms with van der Waals surface area (Å²) in [5, 5.41) is 15.8. The quantitative estimate of drug-likeness (QED) is 0.754. The van der Waals surface area contributed by atoms with Crippen LogP contribution >= 0.6 is 0 Å². The van der Waals surface area contributed by atoms with Gasteiger partial charge in [-0.2, -0.15) is 4.68 Å². The van der Waals surface area contributed by atoms with Gasteiger partial charge in [-0.05, 0) is 35.0 Å². The maximum Gasteiger partial charge on any atom is 0.224 e. The molecule has 0 spiro atoms. The van der Waals surface area contributed by atoms with Gasteiger partial charge in [0.05, 0.1) is 17.8 Å². The Hall–Kier alpha value is -3.06. The molecule has 2 heterocycles. The van der Waals surface area contributed by atoms with Crippen molar-refractivity contribution in [3.05, 3.63) is 72.1 Å². The highest BCUT2D eigenvalue weighted by atomic mass is 16.2. The molecule has 1 amide bonds. The van der Waals surface area contributed by atoms with E-state index in [1.807, 2.05) is 67.4 Å². The van der Waals surface area contributed by atoms with Gasteiger partial charge in [0.1, 0.15) is 0 Å². The van der Waals surface area contributed by atoms with Crippen LogP contribution in [0.15, 0.2) is 60.7 Å². The summed E-state index contributed by atoms with van der Waals surface area (Å²) < 4.78 is 1.73. The second-order valence-electron chi connectivity index (χ2n) is 6.84. The fourth-order valence-electron chi connectivity index (χ4n) is 3.74. The van der Waals surface area contributed by atoms with Gasteiger partial charge < -0.3 is 10.2 Å². The molecule has 1 fully saturated rings. The van der Waals surface area contributed by atoms with Gasteiger partial charge in [0.25, 0.3) is 0 Å². The van der Waals surface area contributed by atoms with E-state index < -0.39 is 0 Å². The number of carbonyl (C=O) groups excluding carboxylic acids is 1. The summed E-state index contributed by atoms with van der Waals surface area (Å²) in [6, 6.07) is 19.8. The van der Waals surface area contributed by atoms with Gasteiger partial charge in [-0.3, -0.25) is 4.79 Å². The molecular formula is C20H22N6O. The Morgan fingerprint density at radius 3 is 2.44 bits per heavy atom. The first-order chi connectivity index (χ1) is 13.1. The summed E-state index contributed by atoms with van der Waals surface area (Å²) in [6.45, 7) is 2.02. The minimum atomic E-state index is -0.115. The zero-order valence-electron chi connectivity index (χ0n) is 15.4. The van der Waals surface area contributed by atoms with Crippen molar-refractivity contribution < 1.29 is 4.79 Å². The normalized spacial score (nSPS) is 20.8. The number of hydrogen-bond donors (Lipinski definition) is 1. The molecular weight excluding hydrogens is 340 g/mol. The number of likely N-dealkylation sites (tertiary alicyclic amines) is 1. The number of likely N-dealkylation sites (N-methyl/N-ethyl adjacent to an activating group) is 1. The first-order valence-corrected chi connectivity index (χ1v) is 9.05. The molecule has 0 saturated carbocycles. The number of rotatable bonds is 5. The zero-order valence-corrected chi connectivity index (χ0v) is 15.4. The minimum absolute atomic E-state index is 0.0118. The van der Waals surface area contributed by atoms with Crippen LogP contribution in [0, 0.1) is 0 Å². The largest absolute Gasteiger partial charge is 0.337 e. The SMILES string of the molecule is CC(N[C@@H]1CC(=O)N(C)[C@H]1c1ccccc1)c1nnnn1-c1ccccc1. The fraction of sp³-hybridized carbons (Fsp3) is 0.300. The van der Waals surface area contributed by atoms with E-state index in [0.717, 1.165) is 17.1 Å². The average molecular weight is 362 g/mol. The highest BCUT2D eigenvalue weighted by Crippen LogP contribution is 2.33. The Bertz CT molecular complexity index is 910. The third-order valence-electron chi connectivity index (χ3n) is 5.07. The maximum atomic E-state index is 12.4. The Morgan fingerprint density at radius 1 is 1.07 bits per heavy atom. The van der Waals surface area contributed by atoms with Gasteiger partial charge in [0.15, 0.2) is 5.82 Å². The molecule has 1 aliphatic rings. The van der Waals surface area contributed by atoms with Gasteiger partial charge in [-0.15, -0.1) is 5.10 Å². The lowest BCUT2D eigenvalue weighted by Gasteiger charge is -2.28. The molecule has 138 valence electrons. The summed E-state index contributed by atoms with van der Waals surface area (Å²) in [4.78, 5) is 14.2. The van der Waals surface area contributed by atoms with Crippen LogP contribution in [-0.2, 0) is 4.79 Å².